The van der Waals surface area contributed by atoms with Crippen LogP contribution < -0.4 is 5.32 Å². The average Bonchev–Trinajstić information content (AvgIpc) is 2.49. The van der Waals surface area contributed by atoms with E-state index in [1.807, 2.05) is 24.3 Å². The fourth-order valence-corrected chi connectivity index (χ4v) is 2.64. The van der Waals surface area contributed by atoms with Crippen LogP contribution >= 0.6 is 0 Å². The third-order valence-corrected chi connectivity index (χ3v) is 3.75. The Balaban J connectivity index is 1.82. The molecule has 0 spiro atoms. The highest BCUT2D eigenvalue weighted by Crippen LogP contribution is 2.16. The number of nitrogens with one attached hydrogen (secondary N) is 1. The molecule has 1 unspecified atom stereocenters. The molecule has 1 heterocycles. The lowest BCUT2D eigenvalue weighted by Gasteiger charge is -2.31. The zero-order valence-corrected chi connectivity index (χ0v) is 12.1. The van der Waals surface area contributed by atoms with Crippen molar-refractivity contribution in [2.45, 2.75) is 19.3 Å². The van der Waals surface area contributed by atoms with Gasteiger partial charge in [0.2, 0.25) is 5.91 Å². The lowest BCUT2D eigenvalue weighted by molar-refractivity contribution is -0.117. The van der Waals surface area contributed by atoms with Crippen LogP contribution in [0, 0.1) is 17.2 Å². The number of nitriles is 1. The monoisotopic (exact) mass is 287 g/mol. The Bertz CT molecular complexity index is 507. The van der Waals surface area contributed by atoms with Gasteiger partial charge in [0.15, 0.2) is 0 Å². The molecule has 1 fully saturated rings. The van der Waals surface area contributed by atoms with E-state index < -0.39 is 0 Å². The van der Waals surface area contributed by atoms with Gasteiger partial charge in [0.05, 0.1) is 19.0 Å². The van der Waals surface area contributed by atoms with Gasteiger partial charge in [0.25, 0.3) is 0 Å². The van der Waals surface area contributed by atoms with E-state index in [-0.39, 0.29) is 18.4 Å². The van der Waals surface area contributed by atoms with E-state index in [2.05, 4.69) is 16.3 Å². The van der Waals surface area contributed by atoms with E-state index in [4.69, 9.17) is 5.26 Å². The number of likely N-dealkylation sites (tertiary alicyclic amines) is 1. The number of benzene rings is 1. The molecule has 112 valence electrons. The minimum atomic E-state index is -0.0402. The molecule has 1 aromatic rings. The van der Waals surface area contributed by atoms with Crippen molar-refractivity contribution in [3.05, 3.63) is 29.8 Å². The highest BCUT2D eigenvalue weighted by Gasteiger charge is 2.20. The fraction of sp³-hybridized carbons (Fsp3) is 0.500. The van der Waals surface area contributed by atoms with Gasteiger partial charge in [-0.05, 0) is 43.0 Å². The van der Waals surface area contributed by atoms with Crippen LogP contribution in [0.3, 0.4) is 0 Å². The van der Waals surface area contributed by atoms with Crippen LogP contribution in [-0.4, -0.2) is 42.2 Å². The van der Waals surface area contributed by atoms with Crippen LogP contribution in [0.25, 0.3) is 0 Å². The van der Waals surface area contributed by atoms with Gasteiger partial charge in [0, 0.05) is 18.8 Å². The first-order chi connectivity index (χ1) is 10.2. The van der Waals surface area contributed by atoms with E-state index in [1.54, 1.807) is 0 Å². The molecular weight excluding hydrogens is 266 g/mol. The summed E-state index contributed by atoms with van der Waals surface area (Å²) >= 11 is 0. The molecule has 0 bridgehead atoms. The molecule has 0 aromatic heterocycles. The van der Waals surface area contributed by atoms with Gasteiger partial charge >= 0.3 is 0 Å². The number of anilines is 1. The van der Waals surface area contributed by atoms with Gasteiger partial charge in [-0.25, -0.2) is 0 Å². The van der Waals surface area contributed by atoms with Gasteiger partial charge < -0.3 is 10.4 Å². The van der Waals surface area contributed by atoms with E-state index in [0.29, 0.717) is 13.0 Å². The number of hydrogen-bond acceptors (Lipinski definition) is 4. The molecule has 1 atom stereocenters. The van der Waals surface area contributed by atoms with Gasteiger partial charge in [-0.3, -0.25) is 9.69 Å². The van der Waals surface area contributed by atoms with Crippen LogP contribution in [0.4, 0.5) is 5.69 Å². The largest absolute Gasteiger partial charge is 0.396 e. The number of amides is 1. The molecule has 0 radical (unpaired) electrons. The third kappa shape index (κ3) is 4.85. The molecule has 1 aromatic carbocycles. The summed E-state index contributed by atoms with van der Waals surface area (Å²) in [6.45, 7) is 2.24. The number of hydrogen-bond donors (Lipinski definition) is 2. The topological polar surface area (TPSA) is 76.4 Å². The van der Waals surface area contributed by atoms with Crippen molar-refractivity contribution < 1.29 is 9.90 Å². The molecule has 0 aliphatic carbocycles. The van der Waals surface area contributed by atoms with Crippen molar-refractivity contribution in [2.24, 2.45) is 5.92 Å². The van der Waals surface area contributed by atoms with Crippen LogP contribution in [0.15, 0.2) is 24.3 Å². The number of piperidine rings is 1. The van der Waals surface area contributed by atoms with Crippen molar-refractivity contribution in [1.29, 1.82) is 5.26 Å². The first-order valence-corrected chi connectivity index (χ1v) is 7.30. The molecular formula is C16H21N3O2. The maximum atomic E-state index is 12.0. The lowest BCUT2D eigenvalue weighted by Crippen LogP contribution is -2.41. The highest BCUT2D eigenvalue weighted by atomic mass is 16.3. The summed E-state index contributed by atoms with van der Waals surface area (Å²) in [5.74, 6) is 0.249. The molecule has 5 heteroatoms. The van der Waals surface area contributed by atoms with Gasteiger partial charge in [-0.15, -0.1) is 0 Å². The molecule has 1 aliphatic rings. The Hall–Kier alpha value is -1.90. The number of nitrogens with zero attached hydrogens (tertiary/aromatic N) is 2. The lowest BCUT2D eigenvalue weighted by atomic mass is 9.99. The van der Waals surface area contributed by atoms with Crippen molar-refractivity contribution in [2.75, 3.05) is 31.6 Å². The van der Waals surface area contributed by atoms with Crippen LogP contribution in [0.2, 0.25) is 0 Å². The second-order valence-corrected chi connectivity index (χ2v) is 5.51. The standard InChI is InChI=1S/C16H21N3O2/c17-8-7-13-3-5-15(6-4-13)18-16(21)11-19-9-1-2-14(10-19)12-20/h3-6,14,20H,1-2,7,9-12H2,(H,18,21). The van der Waals surface area contributed by atoms with Crippen LogP contribution in [-0.2, 0) is 11.2 Å². The summed E-state index contributed by atoms with van der Waals surface area (Å²) in [5, 5.41) is 20.7. The number of carbonyl (C=O) groups is 1. The molecule has 2 N–H and O–H groups in total. The molecule has 0 saturated carbocycles. The van der Waals surface area contributed by atoms with Crippen molar-refractivity contribution in [3.8, 4) is 6.07 Å². The molecule has 2 rings (SSSR count). The molecule has 21 heavy (non-hydrogen) atoms. The Morgan fingerprint density at radius 1 is 1.43 bits per heavy atom. The van der Waals surface area contributed by atoms with Gasteiger partial charge in [-0.1, -0.05) is 12.1 Å². The second kappa shape index (κ2) is 7.77. The molecule has 1 amide bonds. The average molecular weight is 287 g/mol. The smallest absolute Gasteiger partial charge is 0.238 e. The Labute approximate surface area is 125 Å². The maximum absolute atomic E-state index is 12.0. The molecule has 1 aliphatic heterocycles. The van der Waals surface area contributed by atoms with Gasteiger partial charge in [-0.2, -0.15) is 5.26 Å². The summed E-state index contributed by atoms with van der Waals surface area (Å²) in [4.78, 5) is 14.1. The van der Waals surface area contributed by atoms with E-state index in [1.165, 1.54) is 0 Å². The number of rotatable bonds is 5. The normalized spacial score (nSPS) is 19.0. The quantitative estimate of drug-likeness (QED) is 0.858. The summed E-state index contributed by atoms with van der Waals surface area (Å²) in [6, 6.07) is 9.42. The van der Waals surface area contributed by atoms with E-state index in [0.717, 1.165) is 37.2 Å². The Kier molecular flexibility index (Phi) is 5.73. The predicted octanol–water partition coefficient (Wildman–Crippen LogP) is 1.40. The van der Waals surface area contributed by atoms with Gasteiger partial charge in [0.1, 0.15) is 0 Å². The fourth-order valence-electron chi connectivity index (χ4n) is 2.64. The maximum Gasteiger partial charge on any atom is 0.238 e. The summed E-state index contributed by atoms with van der Waals surface area (Å²) in [6.07, 6.45) is 2.45. The predicted molar refractivity (Wildman–Crippen MR) is 80.6 cm³/mol. The number of carbonyl (C=O) groups excluding carboxylic acids is 1. The van der Waals surface area contributed by atoms with Crippen molar-refractivity contribution >= 4 is 11.6 Å². The zero-order chi connectivity index (χ0) is 15.1. The highest BCUT2D eigenvalue weighted by molar-refractivity contribution is 5.92. The summed E-state index contributed by atoms with van der Waals surface area (Å²) in [7, 11) is 0. The SMILES string of the molecule is N#CCc1ccc(NC(=O)CN2CCCC(CO)C2)cc1. The van der Waals surface area contributed by atoms with Crippen molar-refractivity contribution in [3.63, 3.8) is 0 Å². The summed E-state index contributed by atoms with van der Waals surface area (Å²) < 4.78 is 0. The minimum absolute atomic E-state index is 0.0402. The van der Waals surface area contributed by atoms with E-state index in [9.17, 15) is 9.90 Å². The van der Waals surface area contributed by atoms with E-state index >= 15 is 0 Å². The second-order valence-electron chi connectivity index (χ2n) is 5.51. The Morgan fingerprint density at radius 2 is 2.19 bits per heavy atom. The number of aliphatic hydroxyl groups excluding tert-OH is 1. The third-order valence-electron chi connectivity index (χ3n) is 3.75. The minimum Gasteiger partial charge on any atom is -0.396 e. The van der Waals surface area contributed by atoms with Crippen LogP contribution in [0.5, 0.6) is 0 Å². The first kappa shape index (κ1) is 15.5. The number of aliphatic hydroxyl groups is 1. The zero-order valence-electron chi connectivity index (χ0n) is 12.1. The molecule has 1 saturated heterocycles. The van der Waals surface area contributed by atoms with Crippen LogP contribution in [0.1, 0.15) is 18.4 Å². The van der Waals surface area contributed by atoms with Crippen molar-refractivity contribution in [1.82, 2.24) is 4.90 Å². The first-order valence-electron chi connectivity index (χ1n) is 7.30. The Morgan fingerprint density at radius 3 is 2.86 bits per heavy atom. The summed E-state index contributed by atoms with van der Waals surface area (Å²) in [5.41, 5.74) is 1.69. The molecule has 5 nitrogen and oxygen atoms in total.